The van der Waals surface area contributed by atoms with Gasteiger partial charge in [0.25, 0.3) is 5.91 Å². The van der Waals surface area contributed by atoms with Crippen LogP contribution in [-0.2, 0) is 4.79 Å². The molecule has 1 aliphatic rings. The van der Waals surface area contributed by atoms with Crippen molar-refractivity contribution in [2.45, 2.75) is 13.0 Å². The average Bonchev–Trinajstić information content (AvgIpc) is 2.58. The molecular weight excluding hydrogens is 204 g/mol. The van der Waals surface area contributed by atoms with Gasteiger partial charge in [0.1, 0.15) is 6.04 Å². The third-order valence-corrected chi connectivity index (χ3v) is 3.11. The first-order chi connectivity index (χ1) is 6.16. The quantitative estimate of drug-likeness (QED) is 0.685. The molecule has 0 bridgehead atoms. The molecule has 0 spiro atoms. The minimum absolute atomic E-state index is 0.0631. The zero-order chi connectivity index (χ0) is 9.42. The maximum atomic E-state index is 11.3. The molecule has 1 aromatic rings. The second kappa shape index (κ2) is 3.08. The van der Waals surface area contributed by atoms with Crippen molar-refractivity contribution in [3.8, 4) is 0 Å². The number of rotatable bonds is 1. The Morgan fingerprint density at radius 3 is 2.77 bits per heavy atom. The largest absolute Gasteiger partial charge is 0.346 e. The van der Waals surface area contributed by atoms with E-state index in [0.717, 1.165) is 4.88 Å². The van der Waals surface area contributed by atoms with E-state index in [-0.39, 0.29) is 11.9 Å². The van der Waals surface area contributed by atoms with Crippen molar-refractivity contribution >= 4 is 34.6 Å². The molecule has 1 saturated heterocycles. The lowest BCUT2D eigenvalue weighted by Crippen LogP contribution is -2.21. The van der Waals surface area contributed by atoms with Crippen LogP contribution in [0, 0.1) is 6.92 Å². The number of carbonyl (C=O) groups excluding carboxylic acids is 1. The van der Waals surface area contributed by atoms with Gasteiger partial charge >= 0.3 is 0 Å². The lowest BCUT2D eigenvalue weighted by atomic mass is 10.2. The lowest BCUT2D eigenvalue weighted by molar-refractivity contribution is -0.120. The van der Waals surface area contributed by atoms with E-state index in [4.69, 9.17) is 12.2 Å². The second-order valence-corrected chi connectivity index (χ2v) is 4.57. The summed E-state index contributed by atoms with van der Waals surface area (Å²) in [7, 11) is 0. The van der Waals surface area contributed by atoms with Gasteiger partial charge in [-0.25, -0.2) is 0 Å². The van der Waals surface area contributed by atoms with Crippen molar-refractivity contribution in [1.82, 2.24) is 10.6 Å². The summed E-state index contributed by atoms with van der Waals surface area (Å²) in [5.41, 5.74) is 0. The van der Waals surface area contributed by atoms with Gasteiger partial charge in [0.2, 0.25) is 0 Å². The van der Waals surface area contributed by atoms with Gasteiger partial charge in [0.15, 0.2) is 5.11 Å². The SMILES string of the molecule is Cc1ccc(C2NC(=S)NC2=O)s1. The second-order valence-electron chi connectivity index (χ2n) is 2.84. The van der Waals surface area contributed by atoms with Gasteiger partial charge in [0.05, 0.1) is 0 Å². The number of hydrogen-bond acceptors (Lipinski definition) is 3. The highest BCUT2D eigenvalue weighted by Gasteiger charge is 2.29. The number of nitrogens with one attached hydrogen (secondary N) is 2. The number of amides is 1. The van der Waals surface area contributed by atoms with Crippen molar-refractivity contribution in [3.05, 3.63) is 21.9 Å². The van der Waals surface area contributed by atoms with Gasteiger partial charge in [-0.1, -0.05) is 0 Å². The lowest BCUT2D eigenvalue weighted by Gasteiger charge is -2.02. The Morgan fingerprint density at radius 2 is 2.31 bits per heavy atom. The molecule has 0 radical (unpaired) electrons. The zero-order valence-corrected chi connectivity index (χ0v) is 8.59. The van der Waals surface area contributed by atoms with Crippen LogP contribution in [0.2, 0.25) is 0 Å². The monoisotopic (exact) mass is 212 g/mol. The van der Waals surface area contributed by atoms with E-state index in [0.29, 0.717) is 5.11 Å². The third-order valence-electron chi connectivity index (χ3n) is 1.82. The first-order valence-electron chi connectivity index (χ1n) is 3.84. The highest BCUT2D eigenvalue weighted by Crippen LogP contribution is 2.24. The molecule has 0 saturated carbocycles. The van der Waals surface area contributed by atoms with E-state index in [9.17, 15) is 4.79 Å². The fraction of sp³-hybridized carbons (Fsp3) is 0.250. The van der Waals surface area contributed by atoms with Crippen LogP contribution in [0.5, 0.6) is 0 Å². The van der Waals surface area contributed by atoms with Gasteiger partial charge < -0.3 is 10.6 Å². The summed E-state index contributed by atoms with van der Waals surface area (Å²) in [4.78, 5) is 13.5. The van der Waals surface area contributed by atoms with E-state index in [1.807, 2.05) is 19.1 Å². The molecule has 2 heterocycles. The van der Waals surface area contributed by atoms with Crippen LogP contribution in [0.25, 0.3) is 0 Å². The Balaban J connectivity index is 2.27. The molecule has 0 aromatic carbocycles. The molecule has 1 unspecified atom stereocenters. The van der Waals surface area contributed by atoms with Crippen molar-refractivity contribution < 1.29 is 4.79 Å². The van der Waals surface area contributed by atoms with E-state index >= 15 is 0 Å². The Kier molecular flexibility index (Phi) is 2.05. The van der Waals surface area contributed by atoms with Crippen LogP contribution in [0.1, 0.15) is 15.8 Å². The Morgan fingerprint density at radius 1 is 1.54 bits per heavy atom. The highest BCUT2D eigenvalue weighted by atomic mass is 32.1. The minimum atomic E-state index is -0.286. The van der Waals surface area contributed by atoms with Gasteiger partial charge in [-0.05, 0) is 31.3 Å². The van der Waals surface area contributed by atoms with Crippen LogP contribution in [0.3, 0.4) is 0 Å². The normalized spacial score (nSPS) is 21.5. The predicted molar refractivity (Wildman–Crippen MR) is 55.7 cm³/mol. The fourth-order valence-corrected chi connectivity index (χ4v) is 2.37. The standard InChI is InChI=1S/C8H8N2OS2/c1-4-2-3-5(13-4)6-7(11)10-8(12)9-6/h2-3,6H,1H3,(H2,9,10,11,12). The molecule has 13 heavy (non-hydrogen) atoms. The number of carbonyl (C=O) groups is 1. The van der Waals surface area contributed by atoms with Crippen molar-refractivity contribution in [3.63, 3.8) is 0 Å². The summed E-state index contributed by atoms with van der Waals surface area (Å²) in [5.74, 6) is -0.0631. The number of hydrogen-bond donors (Lipinski definition) is 2. The van der Waals surface area contributed by atoms with Crippen molar-refractivity contribution in [2.75, 3.05) is 0 Å². The molecule has 3 nitrogen and oxygen atoms in total. The van der Waals surface area contributed by atoms with Gasteiger partial charge in [-0.3, -0.25) is 4.79 Å². The first kappa shape index (κ1) is 8.65. The number of thiocarbonyl (C=S) groups is 1. The van der Waals surface area contributed by atoms with Gasteiger partial charge in [0, 0.05) is 9.75 Å². The van der Waals surface area contributed by atoms with E-state index < -0.39 is 0 Å². The van der Waals surface area contributed by atoms with Crippen molar-refractivity contribution in [1.29, 1.82) is 0 Å². The number of aryl methyl sites for hydroxylation is 1. The molecule has 1 atom stereocenters. The molecule has 5 heteroatoms. The molecule has 2 N–H and O–H groups in total. The summed E-state index contributed by atoms with van der Waals surface area (Å²) in [6.07, 6.45) is 0. The number of thiophene rings is 1. The summed E-state index contributed by atoms with van der Waals surface area (Å²) in [6.45, 7) is 2.01. The Labute approximate surface area is 85.1 Å². The van der Waals surface area contributed by atoms with Crippen LogP contribution in [0.15, 0.2) is 12.1 Å². The van der Waals surface area contributed by atoms with Crippen LogP contribution < -0.4 is 10.6 Å². The maximum absolute atomic E-state index is 11.3. The highest BCUT2D eigenvalue weighted by molar-refractivity contribution is 7.80. The zero-order valence-electron chi connectivity index (χ0n) is 6.96. The van der Waals surface area contributed by atoms with Crippen LogP contribution in [0.4, 0.5) is 0 Å². The maximum Gasteiger partial charge on any atom is 0.254 e. The molecule has 68 valence electrons. The van der Waals surface area contributed by atoms with Gasteiger partial charge in [-0.15, -0.1) is 11.3 Å². The third kappa shape index (κ3) is 1.57. The molecule has 1 amide bonds. The Hall–Kier alpha value is -0.940. The predicted octanol–water partition coefficient (Wildman–Crippen LogP) is 1.10. The summed E-state index contributed by atoms with van der Waals surface area (Å²) in [5, 5.41) is 5.89. The van der Waals surface area contributed by atoms with Crippen molar-refractivity contribution in [2.24, 2.45) is 0 Å². The molecule has 2 rings (SSSR count). The molecule has 1 fully saturated rings. The molecule has 0 aliphatic carbocycles. The van der Waals surface area contributed by atoms with Gasteiger partial charge in [-0.2, -0.15) is 0 Å². The molecule has 1 aromatic heterocycles. The molecule has 1 aliphatic heterocycles. The summed E-state index contributed by atoms with van der Waals surface area (Å²) < 4.78 is 0. The van der Waals surface area contributed by atoms with Crippen LogP contribution in [-0.4, -0.2) is 11.0 Å². The van der Waals surface area contributed by atoms with E-state index in [1.165, 1.54) is 4.88 Å². The average molecular weight is 212 g/mol. The minimum Gasteiger partial charge on any atom is -0.346 e. The van der Waals surface area contributed by atoms with Crippen LogP contribution >= 0.6 is 23.6 Å². The van der Waals surface area contributed by atoms with E-state index in [1.54, 1.807) is 11.3 Å². The first-order valence-corrected chi connectivity index (χ1v) is 5.07. The Bertz CT molecular complexity index is 372. The summed E-state index contributed by atoms with van der Waals surface area (Å²) in [6, 6.07) is 3.66. The molecular formula is C8H8N2OS2. The summed E-state index contributed by atoms with van der Waals surface area (Å²) >= 11 is 6.45. The van der Waals surface area contributed by atoms with E-state index in [2.05, 4.69) is 10.6 Å². The topological polar surface area (TPSA) is 41.1 Å². The fourth-order valence-electron chi connectivity index (χ4n) is 1.23. The smallest absolute Gasteiger partial charge is 0.254 e.